The zero-order chi connectivity index (χ0) is 12.4. The Balaban J connectivity index is 2.57. The van der Waals surface area contributed by atoms with Crippen LogP contribution in [0.15, 0.2) is 24.4 Å². The standard InChI is InChI=1S/C13H15N3O/c1-8-5-4-6-10(9(8)2)11-7-15-12(14)13(16-11)17-3/h4-7H,1-3H3,(H2,14,15). The summed E-state index contributed by atoms with van der Waals surface area (Å²) in [6.07, 6.45) is 1.67. The Labute approximate surface area is 100 Å². The zero-order valence-electron chi connectivity index (χ0n) is 10.2. The molecule has 0 saturated heterocycles. The molecule has 88 valence electrons. The minimum atomic E-state index is 0.307. The summed E-state index contributed by atoms with van der Waals surface area (Å²) in [6, 6.07) is 6.09. The number of benzene rings is 1. The highest BCUT2D eigenvalue weighted by molar-refractivity contribution is 5.65. The van der Waals surface area contributed by atoms with Crippen LogP contribution in [0.3, 0.4) is 0 Å². The van der Waals surface area contributed by atoms with Crippen molar-refractivity contribution in [3.05, 3.63) is 35.5 Å². The minimum absolute atomic E-state index is 0.307. The van der Waals surface area contributed by atoms with E-state index in [4.69, 9.17) is 10.5 Å². The number of nitrogen functional groups attached to an aromatic ring is 1. The van der Waals surface area contributed by atoms with E-state index < -0.39 is 0 Å². The van der Waals surface area contributed by atoms with Gasteiger partial charge in [0.1, 0.15) is 0 Å². The van der Waals surface area contributed by atoms with Crippen molar-refractivity contribution >= 4 is 5.82 Å². The number of anilines is 1. The molecule has 0 fully saturated rings. The van der Waals surface area contributed by atoms with Gasteiger partial charge in [0.15, 0.2) is 5.82 Å². The number of methoxy groups -OCH3 is 1. The molecular weight excluding hydrogens is 214 g/mol. The number of ether oxygens (including phenoxy) is 1. The number of rotatable bonds is 2. The Morgan fingerprint density at radius 2 is 2.00 bits per heavy atom. The van der Waals surface area contributed by atoms with Gasteiger partial charge < -0.3 is 10.5 Å². The van der Waals surface area contributed by atoms with Gasteiger partial charge in [-0.15, -0.1) is 0 Å². The normalized spacial score (nSPS) is 10.3. The largest absolute Gasteiger partial charge is 0.478 e. The van der Waals surface area contributed by atoms with Gasteiger partial charge in [0.05, 0.1) is 19.0 Å². The first-order chi connectivity index (χ1) is 8.13. The highest BCUT2D eigenvalue weighted by atomic mass is 16.5. The molecule has 0 aliphatic carbocycles. The summed E-state index contributed by atoms with van der Waals surface area (Å²) in [6.45, 7) is 4.13. The second-order valence-electron chi connectivity index (χ2n) is 3.90. The van der Waals surface area contributed by atoms with Crippen LogP contribution in [-0.4, -0.2) is 17.1 Å². The molecule has 0 bridgehead atoms. The first-order valence-corrected chi connectivity index (χ1v) is 5.36. The fourth-order valence-corrected chi connectivity index (χ4v) is 1.69. The second-order valence-corrected chi connectivity index (χ2v) is 3.90. The van der Waals surface area contributed by atoms with Crippen LogP contribution in [0, 0.1) is 13.8 Å². The number of hydrogen-bond acceptors (Lipinski definition) is 4. The van der Waals surface area contributed by atoms with Crippen LogP contribution in [0.4, 0.5) is 5.82 Å². The predicted molar refractivity (Wildman–Crippen MR) is 67.9 cm³/mol. The van der Waals surface area contributed by atoms with Gasteiger partial charge in [0, 0.05) is 5.56 Å². The van der Waals surface area contributed by atoms with Crippen LogP contribution in [0.2, 0.25) is 0 Å². The average molecular weight is 229 g/mol. The first-order valence-electron chi connectivity index (χ1n) is 5.36. The van der Waals surface area contributed by atoms with Gasteiger partial charge in [-0.3, -0.25) is 0 Å². The molecule has 0 aliphatic rings. The van der Waals surface area contributed by atoms with E-state index in [1.54, 1.807) is 6.20 Å². The van der Waals surface area contributed by atoms with Crippen LogP contribution in [-0.2, 0) is 0 Å². The predicted octanol–water partition coefficient (Wildman–Crippen LogP) is 2.35. The summed E-state index contributed by atoms with van der Waals surface area (Å²) in [4.78, 5) is 8.44. The van der Waals surface area contributed by atoms with Crippen molar-refractivity contribution < 1.29 is 4.74 Å². The molecule has 0 radical (unpaired) electrons. The van der Waals surface area contributed by atoms with Gasteiger partial charge >= 0.3 is 0 Å². The van der Waals surface area contributed by atoms with Gasteiger partial charge in [-0.25, -0.2) is 9.97 Å². The van der Waals surface area contributed by atoms with E-state index in [9.17, 15) is 0 Å². The lowest BCUT2D eigenvalue weighted by Gasteiger charge is -2.09. The molecule has 2 N–H and O–H groups in total. The Morgan fingerprint density at radius 3 is 2.71 bits per heavy atom. The van der Waals surface area contributed by atoms with Gasteiger partial charge in [0.2, 0.25) is 0 Å². The molecule has 0 atom stereocenters. The van der Waals surface area contributed by atoms with E-state index in [2.05, 4.69) is 29.9 Å². The van der Waals surface area contributed by atoms with Crippen molar-refractivity contribution in [2.75, 3.05) is 12.8 Å². The molecular formula is C13H15N3O. The lowest BCUT2D eigenvalue weighted by molar-refractivity contribution is 0.399. The van der Waals surface area contributed by atoms with Gasteiger partial charge in [0.25, 0.3) is 5.88 Å². The molecule has 4 nitrogen and oxygen atoms in total. The monoisotopic (exact) mass is 229 g/mol. The van der Waals surface area contributed by atoms with E-state index >= 15 is 0 Å². The molecule has 1 aromatic heterocycles. The number of aromatic nitrogens is 2. The molecule has 2 aromatic rings. The quantitative estimate of drug-likeness (QED) is 0.858. The van der Waals surface area contributed by atoms with Gasteiger partial charge in [-0.2, -0.15) is 0 Å². The van der Waals surface area contributed by atoms with Crippen molar-refractivity contribution in [3.8, 4) is 17.1 Å². The summed E-state index contributed by atoms with van der Waals surface area (Å²) in [7, 11) is 1.53. The number of nitrogens with zero attached hydrogens (tertiary/aromatic N) is 2. The molecule has 1 heterocycles. The lowest BCUT2D eigenvalue weighted by Crippen LogP contribution is -2.00. The average Bonchev–Trinajstić information content (AvgIpc) is 2.34. The van der Waals surface area contributed by atoms with E-state index in [1.807, 2.05) is 12.1 Å². The zero-order valence-corrected chi connectivity index (χ0v) is 10.2. The highest BCUT2D eigenvalue weighted by Crippen LogP contribution is 2.26. The van der Waals surface area contributed by atoms with Gasteiger partial charge in [-0.05, 0) is 25.0 Å². The molecule has 1 aromatic carbocycles. The number of aryl methyl sites for hydroxylation is 1. The van der Waals surface area contributed by atoms with Crippen molar-refractivity contribution in [2.45, 2.75) is 13.8 Å². The molecule has 2 rings (SSSR count). The van der Waals surface area contributed by atoms with E-state index in [1.165, 1.54) is 18.2 Å². The van der Waals surface area contributed by atoms with Crippen molar-refractivity contribution in [3.63, 3.8) is 0 Å². The second kappa shape index (κ2) is 4.41. The third-order valence-corrected chi connectivity index (χ3v) is 2.84. The molecule has 0 unspecified atom stereocenters. The fraction of sp³-hybridized carbons (Fsp3) is 0.231. The van der Waals surface area contributed by atoms with Crippen LogP contribution in [0.5, 0.6) is 5.88 Å². The maximum absolute atomic E-state index is 5.65. The molecule has 0 spiro atoms. The maximum Gasteiger partial charge on any atom is 0.257 e. The molecule has 17 heavy (non-hydrogen) atoms. The third kappa shape index (κ3) is 2.06. The third-order valence-electron chi connectivity index (χ3n) is 2.84. The molecule has 0 amide bonds. The topological polar surface area (TPSA) is 61.0 Å². The molecule has 0 saturated carbocycles. The molecule has 4 heteroatoms. The Morgan fingerprint density at radius 1 is 1.24 bits per heavy atom. The van der Waals surface area contributed by atoms with E-state index in [0.29, 0.717) is 11.7 Å². The SMILES string of the molecule is COc1nc(-c2cccc(C)c2C)cnc1N. The fourth-order valence-electron chi connectivity index (χ4n) is 1.69. The maximum atomic E-state index is 5.65. The van der Waals surface area contributed by atoms with Crippen LogP contribution < -0.4 is 10.5 Å². The summed E-state index contributed by atoms with van der Waals surface area (Å²) >= 11 is 0. The Kier molecular flexibility index (Phi) is 2.95. The summed E-state index contributed by atoms with van der Waals surface area (Å²) in [5.74, 6) is 0.671. The lowest BCUT2D eigenvalue weighted by atomic mass is 10.0. The van der Waals surface area contributed by atoms with Crippen LogP contribution in [0.1, 0.15) is 11.1 Å². The van der Waals surface area contributed by atoms with Crippen LogP contribution >= 0.6 is 0 Å². The van der Waals surface area contributed by atoms with Crippen molar-refractivity contribution in [2.24, 2.45) is 0 Å². The Hall–Kier alpha value is -2.10. The summed E-state index contributed by atoms with van der Waals surface area (Å²) in [5, 5.41) is 0. The van der Waals surface area contributed by atoms with Gasteiger partial charge in [-0.1, -0.05) is 18.2 Å². The summed E-state index contributed by atoms with van der Waals surface area (Å²) < 4.78 is 5.08. The Bertz CT molecular complexity index is 552. The molecule has 0 aliphatic heterocycles. The van der Waals surface area contributed by atoms with Crippen molar-refractivity contribution in [1.29, 1.82) is 0 Å². The summed E-state index contributed by atoms with van der Waals surface area (Å²) in [5.41, 5.74) is 9.89. The minimum Gasteiger partial charge on any atom is -0.478 e. The van der Waals surface area contributed by atoms with Crippen molar-refractivity contribution in [1.82, 2.24) is 9.97 Å². The smallest absolute Gasteiger partial charge is 0.257 e. The number of hydrogen-bond donors (Lipinski definition) is 1. The highest BCUT2D eigenvalue weighted by Gasteiger charge is 2.09. The van der Waals surface area contributed by atoms with E-state index in [-0.39, 0.29) is 0 Å². The van der Waals surface area contributed by atoms with Crippen LogP contribution in [0.25, 0.3) is 11.3 Å². The first kappa shape index (κ1) is 11.4. The van der Waals surface area contributed by atoms with E-state index in [0.717, 1.165) is 11.3 Å². The number of nitrogens with two attached hydrogens (primary N) is 1.